The summed E-state index contributed by atoms with van der Waals surface area (Å²) in [5.74, 6) is 0.302. The van der Waals surface area contributed by atoms with Gasteiger partial charge in [0, 0.05) is 23.1 Å². The van der Waals surface area contributed by atoms with Gasteiger partial charge in [-0.3, -0.25) is 9.59 Å². The van der Waals surface area contributed by atoms with Gasteiger partial charge < -0.3 is 24.7 Å². The van der Waals surface area contributed by atoms with E-state index >= 15 is 0 Å². The number of halogens is 1. The molecule has 1 amide bonds. The monoisotopic (exact) mass is 585 g/mol. The van der Waals surface area contributed by atoms with E-state index < -0.39 is 22.7 Å². The molecule has 1 saturated carbocycles. The Kier molecular flexibility index (Phi) is 7.04. The van der Waals surface area contributed by atoms with E-state index in [2.05, 4.69) is 4.98 Å². The lowest BCUT2D eigenvalue weighted by Crippen LogP contribution is -2.40. The molecule has 222 valence electrons. The predicted octanol–water partition coefficient (Wildman–Crippen LogP) is 5.40. The number of benzene rings is 2. The highest BCUT2D eigenvalue weighted by molar-refractivity contribution is 5.97. The zero-order valence-corrected chi connectivity index (χ0v) is 24.1. The average Bonchev–Trinajstić information content (AvgIpc) is 3.59. The van der Waals surface area contributed by atoms with Crippen molar-refractivity contribution in [2.75, 3.05) is 6.61 Å². The van der Waals surface area contributed by atoms with Crippen LogP contribution in [0.25, 0.3) is 22.6 Å². The molecule has 9 nitrogen and oxygen atoms in total. The van der Waals surface area contributed by atoms with Gasteiger partial charge in [0.2, 0.25) is 5.91 Å². The number of oxazole rings is 1. The van der Waals surface area contributed by atoms with Crippen molar-refractivity contribution in [2.45, 2.75) is 63.6 Å². The van der Waals surface area contributed by atoms with Crippen molar-refractivity contribution < 1.29 is 33.0 Å². The van der Waals surface area contributed by atoms with Crippen LogP contribution in [0.1, 0.15) is 66.8 Å². The number of nitrogens with zero attached hydrogens (tertiary/aromatic N) is 2. The summed E-state index contributed by atoms with van der Waals surface area (Å²) in [7, 11) is 0. The number of Topliss-reactive ketones (excluding diaryl/α,β-unsaturated/α-hetero) is 1. The molecule has 43 heavy (non-hydrogen) atoms. The highest BCUT2D eigenvalue weighted by Gasteiger charge is 2.45. The second kappa shape index (κ2) is 10.6. The van der Waals surface area contributed by atoms with Gasteiger partial charge in [0.25, 0.3) is 0 Å². The van der Waals surface area contributed by atoms with Crippen LogP contribution in [0.3, 0.4) is 0 Å². The molecule has 6 rings (SSSR count). The molecule has 0 saturated heterocycles. The largest absolute Gasteiger partial charge is 0.490 e. The van der Waals surface area contributed by atoms with Gasteiger partial charge in [-0.1, -0.05) is 6.07 Å². The Morgan fingerprint density at radius 1 is 1.19 bits per heavy atom. The van der Waals surface area contributed by atoms with Crippen LogP contribution < -0.4 is 15.2 Å². The maximum atomic E-state index is 13.7. The van der Waals surface area contributed by atoms with Gasteiger partial charge >= 0.3 is 0 Å². The Morgan fingerprint density at radius 3 is 2.58 bits per heavy atom. The predicted molar refractivity (Wildman–Crippen MR) is 155 cm³/mol. The Balaban J connectivity index is 1.29. The molecule has 1 fully saturated rings. The molecule has 0 radical (unpaired) electrons. The second-order valence-corrected chi connectivity index (χ2v) is 11.7. The van der Waals surface area contributed by atoms with Crippen molar-refractivity contribution >= 4 is 11.7 Å². The summed E-state index contributed by atoms with van der Waals surface area (Å²) in [5.41, 5.74) is 6.54. The van der Waals surface area contributed by atoms with E-state index in [9.17, 15) is 19.1 Å². The van der Waals surface area contributed by atoms with Crippen LogP contribution in [0.5, 0.6) is 11.5 Å². The quantitative estimate of drug-likeness (QED) is 0.236. The van der Waals surface area contributed by atoms with Crippen LogP contribution in [0.15, 0.2) is 59.3 Å². The van der Waals surface area contributed by atoms with E-state index in [1.807, 2.05) is 6.92 Å². The van der Waals surface area contributed by atoms with Gasteiger partial charge in [-0.25, -0.2) is 14.4 Å². The standard InChI is InChI=1S/C33H32FN3O6/c1-18-29(42-17-36-18)23-11-6-20(14-26(23)43-22-9-10-22)25(38)12-13-33(3,40)27-15-24-30(41-16-32(24,2)31(35)39)28(37-27)19-4-7-21(34)8-5-19/h4-8,11,14-15,17,22,40H,9-10,12-13,16H2,1-3H3,(H2,35,39)/t32-,33-/m0/s1. The molecule has 0 unspecified atom stereocenters. The van der Waals surface area contributed by atoms with Crippen LogP contribution >= 0.6 is 0 Å². The number of aromatic nitrogens is 2. The Hall–Kier alpha value is -4.57. The van der Waals surface area contributed by atoms with Crippen molar-refractivity contribution in [3.63, 3.8) is 0 Å². The van der Waals surface area contributed by atoms with Gasteiger partial charge in [0.15, 0.2) is 17.9 Å². The van der Waals surface area contributed by atoms with Crippen molar-refractivity contribution in [3.8, 4) is 34.1 Å². The number of nitrogens with two attached hydrogens (primary N) is 1. The summed E-state index contributed by atoms with van der Waals surface area (Å²) < 4.78 is 31.3. The molecule has 2 aromatic carbocycles. The van der Waals surface area contributed by atoms with Crippen molar-refractivity contribution in [1.82, 2.24) is 9.97 Å². The number of fused-ring (bicyclic) bond motifs is 1. The fourth-order valence-electron chi connectivity index (χ4n) is 5.20. The number of hydrogen-bond acceptors (Lipinski definition) is 8. The molecule has 4 aromatic rings. The SMILES string of the molecule is Cc1ncoc1-c1ccc(C(=O)CC[C@](C)(O)c2cc3c(c(-c4ccc(F)cc4)n2)OC[C@]3(C)C(N)=O)cc1OC1CC1. The number of aryl methyl sites for hydroxylation is 1. The fraction of sp³-hybridized carbons (Fsp3) is 0.333. The number of hydrogen-bond donors (Lipinski definition) is 2. The minimum absolute atomic E-state index is 0.00475. The highest BCUT2D eigenvalue weighted by Crippen LogP contribution is 2.46. The number of primary amides is 1. The number of pyridine rings is 1. The lowest BCUT2D eigenvalue weighted by molar-refractivity contribution is -0.123. The Bertz CT molecular complexity index is 1730. The van der Waals surface area contributed by atoms with E-state index in [4.69, 9.17) is 24.6 Å². The third kappa shape index (κ3) is 5.38. The maximum absolute atomic E-state index is 13.7. The molecule has 0 spiro atoms. The normalized spacial score (nSPS) is 18.9. The van der Waals surface area contributed by atoms with Crippen LogP contribution in [-0.2, 0) is 15.8 Å². The van der Waals surface area contributed by atoms with Crippen LogP contribution in [0, 0.1) is 12.7 Å². The zero-order chi connectivity index (χ0) is 30.5. The molecule has 0 bridgehead atoms. The number of carbonyl (C=O) groups excluding carboxylic acids is 2. The molecule has 2 atom stereocenters. The Labute approximate surface area is 247 Å². The topological polar surface area (TPSA) is 138 Å². The summed E-state index contributed by atoms with van der Waals surface area (Å²) >= 11 is 0. The summed E-state index contributed by atoms with van der Waals surface area (Å²) in [6.07, 6.45) is 3.41. The number of carbonyl (C=O) groups is 2. The lowest BCUT2D eigenvalue weighted by Gasteiger charge is -2.26. The summed E-state index contributed by atoms with van der Waals surface area (Å²) in [5, 5.41) is 11.6. The molecule has 1 aliphatic carbocycles. The first-order valence-corrected chi connectivity index (χ1v) is 14.2. The molecular weight excluding hydrogens is 553 g/mol. The molecule has 2 aromatic heterocycles. The van der Waals surface area contributed by atoms with E-state index in [1.54, 1.807) is 50.2 Å². The third-order valence-electron chi connectivity index (χ3n) is 8.24. The van der Waals surface area contributed by atoms with Crippen LogP contribution in [0.2, 0.25) is 0 Å². The van der Waals surface area contributed by atoms with Gasteiger partial charge in [0.05, 0.1) is 23.1 Å². The molecule has 10 heteroatoms. The number of rotatable bonds is 10. The molecule has 1 aliphatic heterocycles. The maximum Gasteiger partial charge on any atom is 0.231 e. The van der Waals surface area contributed by atoms with Crippen molar-refractivity contribution in [3.05, 3.63) is 83.3 Å². The van der Waals surface area contributed by atoms with Crippen LogP contribution in [0.4, 0.5) is 4.39 Å². The molecular formula is C33H32FN3O6. The number of amides is 1. The first-order valence-electron chi connectivity index (χ1n) is 14.2. The first-order chi connectivity index (χ1) is 20.5. The molecule has 3 N–H and O–H groups in total. The van der Waals surface area contributed by atoms with Crippen molar-refractivity contribution in [1.29, 1.82) is 0 Å². The minimum Gasteiger partial charge on any atom is -0.490 e. The number of ketones is 1. The fourth-order valence-corrected chi connectivity index (χ4v) is 5.20. The second-order valence-electron chi connectivity index (χ2n) is 11.7. The minimum atomic E-state index is -1.56. The van der Waals surface area contributed by atoms with Crippen LogP contribution in [-0.4, -0.2) is 39.5 Å². The lowest BCUT2D eigenvalue weighted by atomic mass is 9.81. The summed E-state index contributed by atoms with van der Waals surface area (Å²) in [4.78, 5) is 34.7. The first kappa shape index (κ1) is 28.5. The summed E-state index contributed by atoms with van der Waals surface area (Å²) in [6, 6.07) is 12.5. The zero-order valence-electron chi connectivity index (χ0n) is 24.1. The number of ether oxygens (including phenoxy) is 2. The van der Waals surface area contributed by atoms with E-state index in [-0.39, 0.29) is 37.0 Å². The van der Waals surface area contributed by atoms with E-state index in [1.165, 1.54) is 18.5 Å². The Morgan fingerprint density at radius 2 is 1.93 bits per heavy atom. The van der Waals surface area contributed by atoms with E-state index in [0.29, 0.717) is 39.6 Å². The van der Waals surface area contributed by atoms with Gasteiger partial charge in [0.1, 0.15) is 40.6 Å². The van der Waals surface area contributed by atoms with E-state index in [0.717, 1.165) is 24.1 Å². The van der Waals surface area contributed by atoms with Gasteiger partial charge in [-0.05, 0) is 82.5 Å². The molecule has 3 heterocycles. The smallest absolute Gasteiger partial charge is 0.231 e. The average molecular weight is 586 g/mol. The molecule has 2 aliphatic rings. The summed E-state index contributed by atoms with van der Waals surface area (Å²) in [6.45, 7) is 5.08. The number of aliphatic hydroxyl groups is 1. The van der Waals surface area contributed by atoms with Crippen molar-refractivity contribution in [2.24, 2.45) is 5.73 Å². The van der Waals surface area contributed by atoms with Gasteiger partial charge in [-0.15, -0.1) is 0 Å². The highest BCUT2D eigenvalue weighted by atomic mass is 19.1. The third-order valence-corrected chi connectivity index (χ3v) is 8.24. The van der Waals surface area contributed by atoms with Gasteiger partial charge in [-0.2, -0.15) is 0 Å².